The van der Waals surface area contributed by atoms with E-state index < -0.39 is 4.92 Å². The fraction of sp³-hybridized carbons (Fsp3) is 0.214. The molecule has 0 spiro atoms. The molecule has 0 amide bonds. The number of nitrogens with zero attached hydrogens (tertiary/aromatic N) is 2. The van der Waals surface area contributed by atoms with Crippen LogP contribution in [0.1, 0.15) is 18.1 Å². The van der Waals surface area contributed by atoms with Gasteiger partial charge in [0.05, 0.1) is 4.92 Å². The maximum Gasteiger partial charge on any atom is 0.311 e. The van der Waals surface area contributed by atoms with Crippen LogP contribution in [0.5, 0.6) is 5.75 Å². The third-order valence-corrected chi connectivity index (χ3v) is 3.04. The molecule has 0 unspecified atom stereocenters. The summed E-state index contributed by atoms with van der Waals surface area (Å²) in [5.41, 5.74) is 4.03. The number of pyridine rings is 1. The van der Waals surface area contributed by atoms with Gasteiger partial charge in [-0.3, -0.25) is 10.1 Å². The largest absolute Gasteiger partial charge is 0.482 e. The van der Waals surface area contributed by atoms with Gasteiger partial charge in [-0.25, -0.2) is 10.8 Å². The van der Waals surface area contributed by atoms with Crippen LogP contribution in [0.2, 0.25) is 0 Å². The van der Waals surface area contributed by atoms with E-state index in [0.29, 0.717) is 11.4 Å². The number of aryl methyl sites for hydroxylation is 1. The molecule has 2 rings (SSSR count). The fourth-order valence-electron chi connectivity index (χ4n) is 1.89. The van der Waals surface area contributed by atoms with Crippen LogP contribution in [-0.2, 0) is 13.0 Å². The van der Waals surface area contributed by atoms with Crippen molar-refractivity contribution in [2.24, 2.45) is 5.84 Å². The summed E-state index contributed by atoms with van der Waals surface area (Å²) in [6.07, 6.45) is 2.32. The highest BCUT2D eigenvalue weighted by atomic mass is 16.6. The zero-order valence-corrected chi connectivity index (χ0v) is 11.6. The summed E-state index contributed by atoms with van der Waals surface area (Å²) < 4.78 is 5.55. The highest BCUT2D eigenvalue weighted by Crippen LogP contribution is 2.29. The van der Waals surface area contributed by atoms with Crippen LogP contribution < -0.4 is 16.0 Å². The lowest BCUT2D eigenvalue weighted by molar-refractivity contribution is -0.386. The average Bonchev–Trinajstić information content (AvgIpc) is 2.52. The quantitative estimate of drug-likeness (QED) is 0.480. The van der Waals surface area contributed by atoms with E-state index in [-0.39, 0.29) is 18.0 Å². The summed E-state index contributed by atoms with van der Waals surface area (Å²) in [4.78, 5) is 14.7. The first-order valence-electron chi connectivity index (χ1n) is 6.46. The molecular weight excluding hydrogens is 272 g/mol. The van der Waals surface area contributed by atoms with Crippen LogP contribution in [-0.4, -0.2) is 9.91 Å². The number of hydrogen-bond acceptors (Lipinski definition) is 6. The van der Waals surface area contributed by atoms with Crippen molar-refractivity contribution in [3.05, 3.63) is 57.8 Å². The second-order valence-electron chi connectivity index (χ2n) is 4.36. The van der Waals surface area contributed by atoms with Gasteiger partial charge in [0.2, 0.25) is 0 Å². The average molecular weight is 288 g/mol. The molecule has 0 fully saturated rings. The van der Waals surface area contributed by atoms with Crippen LogP contribution in [0.15, 0.2) is 36.5 Å². The Labute approximate surface area is 121 Å². The highest BCUT2D eigenvalue weighted by Gasteiger charge is 2.16. The molecule has 0 atom stereocenters. The second kappa shape index (κ2) is 6.67. The molecule has 0 saturated heterocycles. The van der Waals surface area contributed by atoms with E-state index in [1.54, 1.807) is 24.4 Å². The molecule has 0 radical (unpaired) electrons. The van der Waals surface area contributed by atoms with Crippen LogP contribution in [0.4, 0.5) is 11.5 Å². The van der Waals surface area contributed by atoms with E-state index in [1.807, 2.05) is 13.0 Å². The molecule has 1 aromatic heterocycles. The fourth-order valence-corrected chi connectivity index (χ4v) is 1.89. The molecule has 1 heterocycles. The summed E-state index contributed by atoms with van der Waals surface area (Å²) >= 11 is 0. The number of hydrazine groups is 1. The molecule has 0 aliphatic heterocycles. The molecule has 0 aliphatic carbocycles. The van der Waals surface area contributed by atoms with E-state index >= 15 is 0 Å². The number of nitrogens with one attached hydrogen (secondary N) is 1. The zero-order chi connectivity index (χ0) is 15.2. The number of benzene rings is 1. The monoisotopic (exact) mass is 288 g/mol. The maximum absolute atomic E-state index is 11.1. The number of hydrogen-bond donors (Lipinski definition) is 2. The van der Waals surface area contributed by atoms with Crippen molar-refractivity contribution in [2.45, 2.75) is 20.0 Å². The van der Waals surface area contributed by atoms with Gasteiger partial charge in [0.25, 0.3) is 0 Å². The summed E-state index contributed by atoms with van der Waals surface area (Å²) in [6, 6.07) is 8.49. The van der Waals surface area contributed by atoms with Gasteiger partial charge in [0, 0.05) is 17.8 Å². The first kappa shape index (κ1) is 14.7. The first-order valence-corrected chi connectivity index (χ1v) is 6.46. The summed E-state index contributed by atoms with van der Waals surface area (Å²) in [6.45, 7) is 2.08. The SMILES string of the molecule is CCc1ccc(OCc2cccnc2NN)c([N+](=O)[O-])c1. The van der Waals surface area contributed by atoms with E-state index in [0.717, 1.165) is 12.0 Å². The van der Waals surface area contributed by atoms with Crippen LogP contribution in [0.3, 0.4) is 0 Å². The zero-order valence-electron chi connectivity index (χ0n) is 11.6. The molecule has 21 heavy (non-hydrogen) atoms. The van der Waals surface area contributed by atoms with Crippen molar-refractivity contribution in [2.75, 3.05) is 5.43 Å². The Hall–Kier alpha value is -2.67. The minimum Gasteiger partial charge on any atom is -0.482 e. The topological polar surface area (TPSA) is 103 Å². The van der Waals surface area contributed by atoms with Crippen LogP contribution in [0.25, 0.3) is 0 Å². The van der Waals surface area contributed by atoms with E-state index in [4.69, 9.17) is 10.6 Å². The number of nitro groups is 1. The van der Waals surface area contributed by atoms with Crippen LogP contribution in [0, 0.1) is 10.1 Å². The highest BCUT2D eigenvalue weighted by molar-refractivity contribution is 5.49. The summed E-state index contributed by atoms with van der Waals surface area (Å²) in [5.74, 6) is 6.06. The number of nitro benzene ring substituents is 1. The van der Waals surface area contributed by atoms with Gasteiger partial charge in [0.1, 0.15) is 12.4 Å². The Morgan fingerprint density at radius 2 is 2.24 bits per heavy atom. The number of nitrogens with two attached hydrogens (primary N) is 1. The lowest BCUT2D eigenvalue weighted by Crippen LogP contribution is -2.12. The number of rotatable bonds is 6. The molecular formula is C14H16N4O3. The van der Waals surface area contributed by atoms with E-state index in [1.165, 1.54) is 6.07 Å². The minimum atomic E-state index is -0.445. The molecule has 0 aliphatic rings. The molecule has 0 saturated carbocycles. The standard InChI is InChI=1S/C14H16N4O3/c1-2-10-5-6-13(12(8-10)18(19)20)21-9-11-4-3-7-16-14(11)17-15/h3-8H,2,9,15H2,1H3,(H,16,17). The van der Waals surface area contributed by atoms with Gasteiger partial charge in [-0.15, -0.1) is 0 Å². The van der Waals surface area contributed by atoms with Crippen molar-refractivity contribution in [3.63, 3.8) is 0 Å². The number of aromatic nitrogens is 1. The number of ether oxygens (including phenoxy) is 1. The minimum absolute atomic E-state index is 0.0412. The van der Waals surface area contributed by atoms with E-state index in [9.17, 15) is 10.1 Å². The van der Waals surface area contributed by atoms with Gasteiger partial charge < -0.3 is 10.2 Å². The van der Waals surface area contributed by atoms with Crippen molar-refractivity contribution < 1.29 is 9.66 Å². The molecule has 0 bridgehead atoms. The number of anilines is 1. The second-order valence-corrected chi connectivity index (χ2v) is 4.36. The molecule has 110 valence electrons. The summed E-state index contributed by atoms with van der Waals surface area (Å²) in [5, 5.41) is 11.1. The normalized spacial score (nSPS) is 10.2. The molecule has 7 nitrogen and oxygen atoms in total. The Morgan fingerprint density at radius 3 is 2.90 bits per heavy atom. The molecule has 3 N–H and O–H groups in total. The predicted octanol–water partition coefficient (Wildman–Crippen LogP) is 2.42. The summed E-state index contributed by atoms with van der Waals surface area (Å²) in [7, 11) is 0. The molecule has 1 aromatic carbocycles. The smallest absolute Gasteiger partial charge is 0.311 e. The first-order chi connectivity index (χ1) is 10.2. The van der Waals surface area contributed by atoms with Crippen molar-refractivity contribution >= 4 is 11.5 Å². The maximum atomic E-state index is 11.1. The van der Waals surface area contributed by atoms with Gasteiger partial charge in [0.15, 0.2) is 5.75 Å². The lowest BCUT2D eigenvalue weighted by Gasteiger charge is -2.10. The Balaban J connectivity index is 2.21. The van der Waals surface area contributed by atoms with Crippen molar-refractivity contribution in [3.8, 4) is 5.75 Å². The predicted molar refractivity (Wildman–Crippen MR) is 78.9 cm³/mol. The Morgan fingerprint density at radius 1 is 1.43 bits per heavy atom. The lowest BCUT2D eigenvalue weighted by atomic mass is 10.1. The third kappa shape index (κ3) is 3.46. The van der Waals surface area contributed by atoms with Gasteiger partial charge >= 0.3 is 5.69 Å². The Kier molecular flexibility index (Phi) is 4.68. The van der Waals surface area contributed by atoms with Gasteiger partial charge in [-0.1, -0.05) is 19.1 Å². The molecule has 2 aromatic rings. The van der Waals surface area contributed by atoms with Crippen molar-refractivity contribution in [1.82, 2.24) is 4.98 Å². The van der Waals surface area contributed by atoms with Gasteiger partial charge in [-0.05, 0) is 24.1 Å². The van der Waals surface area contributed by atoms with Crippen LogP contribution >= 0.6 is 0 Å². The Bertz CT molecular complexity index is 646. The number of nitrogen functional groups attached to an aromatic ring is 1. The third-order valence-electron chi connectivity index (χ3n) is 3.04. The van der Waals surface area contributed by atoms with Gasteiger partial charge in [-0.2, -0.15) is 0 Å². The van der Waals surface area contributed by atoms with Crippen molar-refractivity contribution in [1.29, 1.82) is 0 Å². The van der Waals surface area contributed by atoms with E-state index in [2.05, 4.69) is 10.4 Å². The molecule has 7 heteroatoms.